The monoisotopic (exact) mass is 232 g/mol. The number of nitrogens with two attached hydrogens (primary N) is 2. The lowest BCUT2D eigenvalue weighted by Gasteiger charge is -2.26. The second-order valence-electron chi connectivity index (χ2n) is 4.57. The lowest BCUT2D eigenvalue weighted by molar-refractivity contribution is -0.118. The van der Waals surface area contributed by atoms with Gasteiger partial charge >= 0.3 is 0 Å². The van der Waals surface area contributed by atoms with Crippen molar-refractivity contribution in [3.8, 4) is 6.07 Å². The third-order valence-corrected chi connectivity index (χ3v) is 2.27. The number of benzene rings is 1. The maximum Gasteiger partial charge on any atom is 0.219 e. The van der Waals surface area contributed by atoms with E-state index in [1.54, 1.807) is 18.2 Å². The Morgan fingerprint density at radius 3 is 2.71 bits per heavy atom. The van der Waals surface area contributed by atoms with Crippen molar-refractivity contribution < 1.29 is 4.79 Å². The first-order valence-electron chi connectivity index (χ1n) is 5.20. The zero-order valence-corrected chi connectivity index (χ0v) is 9.95. The van der Waals surface area contributed by atoms with Gasteiger partial charge in [0.15, 0.2) is 0 Å². The fourth-order valence-electron chi connectivity index (χ4n) is 1.60. The third kappa shape index (κ3) is 3.68. The molecule has 0 heterocycles. The van der Waals surface area contributed by atoms with Crippen LogP contribution in [0.3, 0.4) is 0 Å². The first kappa shape index (κ1) is 12.8. The number of nitrogens with zero attached hydrogens (tertiary/aromatic N) is 1. The SMILES string of the molecule is CC(C)(CC(N)=O)Nc1ccc(N)c(C#N)c1. The smallest absolute Gasteiger partial charge is 0.219 e. The topological polar surface area (TPSA) is 105 Å². The van der Waals surface area contributed by atoms with Gasteiger partial charge in [-0.1, -0.05) is 0 Å². The first-order chi connectivity index (χ1) is 7.84. The molecule has 90 valence electrons. The van der Waals surface area contributed by atoms with Crippen LogP contribution in [0.4, 0.5) is 11.4 Å². The molecule has 0 aliphatic rings. The largest absolute Gasteiger partial charge is 0.398 e. The Kier molecular flexibility index (Phi) is 3.59. The van der Waals surface area contributed by atoms with Gasteiger partial charge in [0.25, 0.3) is 0 Å². The standard InChI is InChI=1S/C12H16N4O/c1-12(2,6-11(15)17)16-9-3-4-10(14)8(5-9)7-13/h3-5,16H,6,14H2,1-2H3,(H2,15,17). The molecule has 0 saturated carbocycles. The van der Waals surface area contributed by atoms with Gasteiger partial charge in [0.1, 0.15) is 6.07 Å². The van der Waals surface area contributed by atoms with Crippen LogP contribution in [-0.4, -0.2) is 11.4 Å². The molecule has 0 unspecified atom stereocenters. The molecule has 0 spiro atoms. The predicted molar refractivity (Wildman–Crippen MR) is 67.1 cm³/mol. The van der Waals surface area contributed by atoms with Crippen molar-refractivity contribution in [3.05, 3.63) is 23.8 Å². The minimum absolute atomic E-state index is 0.208. The molecule has 1 amide bonds. The van der Waals surface area contributed by atoms with Gasteiger partial charge in [0.05, 0.1) is 5.56 Å². The molecule has 0 radical (unpaired) electrons. The number of rotatable bonds is 4. The quantitative estimate of drug-likeness (QED) is 0.678. The van der Waals surface area contributed by atoms with E-state index in [2.05, 4.69) is 5.32 Å². The van der Waals surface area contributed by atoms with Crippen molar-refractivity contribution >= 4 is 17.3 Å². The Labute approximate surface area is 100 Å². The summed E-state index contributed by atoms with van der Waals surface area (Å²) in [5.41, 5.74) is 11.9. The third-order valence-electron chi connectivity index (χ3n) is 2.27. The number of amides is 1. The van der Waals surface area contributed by atoms with Gasteiger partial charge in [0, 0.05) is 23.3 Å². The molecular weight excluding hydrogens is 216 g/mol. The number of hydrogen-bond acceptors (Lipinski definition) is 4. The van der Waals surface area contributed by atoms with Crippen LogP contribution in [0.2, 0.25) is 0 Å². The number of nitrogen functional groups attached to an aromatic ring is 1. The van der Waals surface area contributed by atoms with Crippen LogP contribution >= 0.6 is 0 Å². The van der Waals surface area contributed by atoms with Crippen molar-refractivity contribution in [2.45, 2.75) is 25.8 Å². The number of carbonyl (C=O) groups is 1. The maximum atomic E-state index is 10.9. The number of carbonyl (C=O) groups excluding carboxylic acids is 1. The summed E-state index contributed by atoms with van der Waals surface area (Å²) in [6.45, 7) is 3.72. The maximum absolute atomic E-state index is 10.9. The minimum atomic E-state index is -0.464. The van der Waals surface area contributed by atoms with Crippen LogP contribution in [0.5, 0.6) is 0 Å². The summed E-state index contributed by atoms with van der Waals surface area (Å²) in [7, 11) is 0. The molecule has 0 aromatic heterocycles. The molecule has 1 aromatic carbocycles. The Hall–Kier alpha value is -2.22. The number of hydrogen-bond donors (Lipinski definition) is 3. The Morgan fingerprint density at radius 2 is 2.18 bits per heavy atom. The molecule has 1 aromatic rings. The molecule has 1 rings (SSSR count). The van der Waals surface area contributed by atoms with E-state index in [0.29, 0.717) is 11.3 Å². The second-order valence-corrected chi connectivity index (χ2v) is 4.57. The molecule has 0 bridgehead atoms. The highest BCUT2D eigenvalue weighted by atomic mass is 16.1. The lowest BCUT2D eigenvalue weighted by atomic mass is 9.99. The molecule has 5 heteroatoms. The second kappa shape index (κ2) is 4.74. The van der Waals surface area contributed by atoms with Gasteiger partial charge in [-0.3, -0.25) is 4.79 Å². The Balaban J connectivity index is 2.89. The normalized spacial score (nSPS) is 10.6. The highest BCUT2D eigenvalue weighted by Crippen LogP contribution is 2.21. The summed E-state index contributed by atoms with van der Waals surface area (Å²) < 4.78 is 0. The molecule has 0 fully saturated rings. The van der Waals surface area contributed by atoms with E-state index < -0.39 is 5.54 Å². The van der Waals surface area contributed by atoms with E-state index in [-0.39, 0.29) is 12.3 Å². The van der Waals surface area contributed by atoms with Gasteiger partial charge in [-0.15, -0.1) is 0 Å². The van der Waals surface area contributed by atoms with Crippen LogP contribution in [0.25, 0.3) is 0 Å². The minimum Gasteiger partial charge on any atom is -0.398 e. The van der Waals surface area contributed by atoms with Gasteiger partial charge < -0.3 is 16.8 Å². The fourth-order valence-corrected chi connectivity index (χ4v) is 1.60. The van der Waals surface area contributed by atoms with E-state index in [4.69, 9.17) is 16.7 Å². The van der Waals surface area contributed by atoms with Crippen molar-refractivity contribution in [1.29, 1.82) is 5.26 Å². The van der Waals surface area contributed by atoms with E-state index in [1.165, 1.54) is 0 Å². The van der Waals surface area contributed by atoms with Crippen molar-refractivity contribution in [3.63, 3.8) is 0 Å². The van der Waals surface area contributed by atoms with Gasteiger partial charge in [-0.05, 0) is 32.0 Å². The molecule has 5 N–H and O–H groups in total. The summed E-state index contributed by atoms with van der Waals surface area (Å²) in [5.74, 6) is -0.376. The molecule has 0 aliphatic carbocycles. The molecule has 0 saturated heterocycles. The van der Waals surface area contributed by atoms with Gasteiger partial charge in [-0.25, -0.2) is 0 Å². The Bertz CT molecular complexity index is 474. The summed E-state index contributed by atoms with van der Waals surface area (Å²) in [6, 6.07) is 7.07. The number of nitrogens with one attached hydrogen (secondary N) is 1. The van der Waals surface area contributed by atoms with Gasteiger partial charge in [0.2, 0.25) is 5.91 Å². The summed E-state index contributed by atoms with van der Waals surface area (Å²) in [6.07, 6.45) is 0.208. The molecule has 0 aliphatic heterocycles. The zero-order valence-electron chi connectivity index (χ0n) is 9.95. The van der Waals surface area contributed by atoms with Crippen LogP contribution in [0, 0.1) is 11.3 Å². The summed E-state index contributed by atoms with van der Waals surface area (Å²) in [5, 5.41) is 12.0. The predicted octanol–water partition coefficient (Wildman–Crippen LogP) is 1.21. The van der Waals surface area contributed by atoms with Crippen LogP contribution in [0.15, 0.2) is 18.2 Å². The molecule has 5 nitrogen and oxygen atoms in total. The van der Waals surface area contributed by atoms with Crippen molar-refractivity contribution in [2.24, 2.45) is 5.73 Å². The number of nitriles is 1. The lowest BCUT2D eigenvalue weighted by Crippen LogP contribution is -2.36. The number of anilines is 2. The molecular formula is C12H16N4O. The molecule has 17 heavy (non-hydrogen) atoms. The zero-order chi connectivity index (χ0) is 13.1. The Morgan fingerprint density at radius 1 is 1.53 bits per heavy atom. The number of primary amides is 1. The van der Waals surface area contributed by atoms with E-state index in [1.807, 2.05) is 19.9 Å². The fraction of sp³-hybridized carbons (Fsp3) is 0.333. The van der Waals surface area contributed by atoms with Gasteiger partial charge in [-0.2, -0.15) is 5.26 Å². The summed E-state index contributed by atoms with van der Waals surface area (Å²) >= 11 is 0. The van der Waals surface area contributed by atoms with Crippen molar-refractivity contribution in [1.82, 2.24) is 0 Å². The van der Waals surface area contributed by atoms with Crippen molar-refractivity contribution in [2.75, 3.05) is 11.1 Å². The molecule has 0 atom stereocenters. The average Bonchev–Trinajstić information content (AvgIpc) is 2.18. The van der Waals surface area contributed by atoms with Crippen LogP contribution in [0.1, 0.15) is 25.8 Å². The van der Waals surface area contributed by atoms with E-state index in [0.717, 1.165) is 5.69 Å². The van der Waals surface area contributed by atoms with Crippen LogP contribution < -0.4 is 16.8 Å². The summed E-state index contributed by atoms with van der Waals surface area (Å²) in [4.78, 5) is 10.9. The van der Waals surface area contributed by atoms with E-state index >= 15 is 0 Å². The first-order valence-corrected chi connectivity index (χ1v) is 5.20. The highest BCUT2D eigenvalue weighted by Gasteiger charge is 2.20. The average molecular weight is 232 g/mol. The van der Waals surface area contributed by atoms with E-state index in [9.17, 15) is 4.79 Å². The van der Waals surface area contributed by atoms with Crippen LogP contribution in [-0.2, 0) is 4.79 Å². The highest BCUT2D eigenvalue weighted by molar-refractivity contribution is 5.76.